The maximum Gasteiger partial charge on any atom is 0.165 e. The van der Waals surface area contributed by atoms with Crippen LogP contribution in [0.15, 0.2) is 18.3 Å². The fourth-order valence-corrected chi connectivity index (χ4v) is 3.94. The number of halogens is 2. The van der Waals surface area contributed by atoms with E-state index >= 15 is 0 Å². The number of Topliss-reactive ketones (excluding diaryl/α,β-unsaturated/α-hetero) is 1. The van der Waals surface area contributed by atoms with Crippen LogP contribution in [0.5, 0.6) is 0 Å². The Balaban J connectivity index is 1.75. The van der Waals surface area contributed by atoms with Crippen LogP contribution in [-0.4, -0.2) is 10.8 Å². The standard InChI is InChI=1S/C17H19Cl2NO/c18-12-8-14(19)17-13(10-20-15(17)9-12)16(21)7-6-11-4-2-1-3-5-11/h8-11,20H,1-7H2. The van der Waals surface area contributed by atoms with E-state index in [4.69, 9.17) is 23.2 Å². The third-order valence-corrected chi connectivity index (χ3v) is 5.02. The molecule has 0 aliphatic heterocycles. The molecule has 2 nitrogen and oxygen atoms in total. The highest BCUT2D eigenvalue weighted by Crippen LogP contribution is 2.32. The Bertz CT molecular complexity index is 656. The Morgan fingerprint density at radius 3 is 2.71 bits per heavy atom. The zero-order valence-electron chi connectivity index (χ0n) is 11.9. The van der Waals surface area contributed by atoms with Crippen LogP contribution in [0.3, 0.4) is 0 Å². The molecule has 1 saturated carbocycles. The molecule has 0 unspecified atom stereocenters. The van der Waals surface area contributed by atoms with Gasteiger partial charge in [0.15, 0.2) is 5.78 Å². The van der Waals surface area contributed by atoms with E-state index in [0.29, 0.717) is 22.0 Å². The number of carbonyl (C=O) groups is 1. The number of ketones is 1. The van der Waals surface area contributed by atoms with Crippen LogP contribution in [0.1, 0.15) is 55.3 Å². The van der Waals surface area contributed by atoms with Crippen molar-refractivity contribution in [3.8, 4) is 0 Å². The highest BCUT2D eigenvalue weighted by Gasteiger charge is 2.18. The number of benzene rings is 1. The first-order chi connectivity index (χ1) is 10.1. The fourth-order valence-electron chi connectivity index (χ4n) is 3.35. The lowest BCUT2D eigenvalue weighted by Crippen LogP contribution is -2.09. The molecule has 112 valence electrons. The van der Waals surface area contributed by atoms with Gasteiger partial charge in [-0.2, -0.15) is 0 Å². The zero-order valence-corrected chi connectivity index (χ0v) is 13.4. The van der Waals surface area contributed by atoms with Crippen molar-refractivity contribution in [2.45, 2.75) is 44.9 Å². The molecular formula is C17H19Cl2NO. The SMILES string of the molecule is O=C(CCC1CCCCC1)c1c[nH]c2cc(Cl)cc(Cl)c12. The van der Waals surface area contributed by atoms with Crippen LogP contribution in [0, 0.1) is 5.92 Å². The van der Waals surface area contributed by atoms with Crippen molar-refractivity contribution < 1.29 is 4.79 Å². The third-order valence-electron chi connectivity index (χ3n) is 4.50. The number of nitrogens with one attached hydrogen (secondary N) is 1. The van der Waals surface area contributed by atoms with Gasteiger partial charge < -0.3 is 4.98 Å². The summed E-state index contributed by atoms with van der Waals surface area (Å²) in [6, 6.07) is 3.50. The van der Waals surface area contributed by atoms with E-state index < -0.39 is 0 Å². The number of rotatable bonds is 4. The molecule has 0 bridgehead atoms. The molecule has 1 aromatic heterocycles. The van der Waals surface area contributed by atoms with E-state index in [1.54, 1.807) is 18.3 Å². The normalized spacial score (nSPS) is 16.5. The Hall–Kier alpha value is -0.990. The number of H-pyrrole nitrogens is 1. The predicted octanol–water partition coefficient (Wildman–Crippen LogP) is 6.02. The van der Waals surface area contributed by atoms with Crippen LogP contribution in [0.2, 0.25) is 10.0 Å². The molecule has 0 atom stereocenters. The minimum atomic E-state index is 0.177. The molecule has 0 amide bonds. The van der Waals surface area contributed by atoms with Gasteiger partial charge in [-0.15, -0.1) is 0 Å². The first-order valence-electron chi connectivity index (χ1n) is 7.64. The monoisotopic (exact) mass is 323 g/mol. The van der Waals surface area contributed by atoms with E-state index in [1.807, 2.05) is 0 Å². The first-order valence-corrected chi connectivity index (χ1v) is 8.40. The Morgan fingerprint density at radius 1 is 1.19 bits per heavy atom. The second kappa shape index (κ2) is 6.41. The fraction of sp³-hybridized carbons (Fsp3) is 0.471. The highest BCUT2D eigenvalue weighted by atomic mass is 35.5. The molecule has 0 saturated heterocycles. The van der Waals surface area contributed by atoms with Gasteiger partial charge in [0, 0.05) is 34.1 Å². The summed E-state index contributed by atoms with van der Waals surface area (Å²) in [7, 11) is 0. The van der Waals surface area contributed by atoms with Gasteiger partial charge in [0.2, 0.25) is 0 Å². The Labute approximate surface area is 134 Å². The Kier molecular flexibility index (Phi) is 4.56. The molecule has 0 radical (unpaired) electrons. The van der Waals surface area contributed by atoms with Crippen molar-refractivity contribution in [1.82, 2.24) is 4.98 Å². The van der Waals surface area contributed by atoms with Gasteiger partial charge in [0.05, 0.1) is 5.02 Å². The smallest absolute Gasteiger partial charge is 0.165 e. The summed E-state index contributed by atoms with van der Waals surface area (Å²) >= 11 is 12.2. The number of carbonyl (C=O) groups excluding carboxylic acids is 1. The van der Waals surface area contributed by atoms with E-state index in [0.717, 1.165) is 23.2 Å². The summed E-state index contributed by atoms with van der Waals surface area (Å²) in [5.74, 6) is 0.897. The van der Waals surface area contributed by atoms with Gasteiger partial charge in [-0.3, -0.25) is 4.79 Å². The second-order valence-electron chi connectivity index (χ2n) is 5.98. The first kappa shape index (κ1) is 14.9. The minimum absolute atomic E-state index is 0.177. The summed E-state index contributed by atoms with van der Waals surface area (Å²) in [5, 5.41) is 1.92. The molecular weight excluding hydrogens is 305 g/mol. The molecule has 1 aliphatic rings. The molecule has 4 heteroatoms. The average Bonchev–Trinajstić information content (AvgIpc) is 2.90. The lowest BCUT2D eigenvalue weighted by Gasteiger charge is -2.20. The lowest BCUT2D eigenvalue weighted by atomic mass is 9.85. The molecule has 21 heavy (non-hydrogen) atoms. The van der Waals surface area contributed by atoms with Crippen molar-refractivity contribution in [1.29, 1.82) is 0 Å². The number of hydrogen-bond donors (Lipinski definition) is 1. The topological polar surface area (TPSA) is 32.9 Å². The summed E-state index contributed by atoms with van der Waals surface area (Å²) < 4.78 is 0. The highest BCUT2D eigenvalue weighted by molar-refractivity contribution is 6.39. The summed E-state index contributed by atoms with van der Waals surface area (Å²) in [6.07, 6.45) is 9.90. The molecule has 1 aromatic carbocycles. The van der Waals surface area contributed by atoms with Crippen molar-refractivity contribution in [3.05, 3.63) is 33.9 Å². The quantitative estimate of drug-likeness (QED) is 0.686. The average molecular weight is 324 g/mol. The van der Waals surface area contributed by atoms with E-state index in [2.05, 4.69) is 4.98 Å². The van der Waals surface area contributed by atoms with Gasteiger partial charge >= 0.3 is 0 Å². The van der Waals surface area contributed by atoms with E-state index in [-0.39, 0.29) is 5.78 Å². The largest absolute Gasteiger partial charge is 0.360 e. The molecule has 3 rings (SSSR count). The summed E-state index contributed by atoms with van der Waals surface area (Å²) in [6.45, 7) is 0. The van der Waals surface area contributed by atoms with Gasteiger partial charge in [-0.05, 0) is 24.5 Å². The van der Waals surface area contributed by atoms with E-state index in [9.17, 15) is 4.79 Å². The van der Waals surface area contributed by atoms with Crippen LogP contribution in [0.25, 0.3) is 10.9 Å². The number of aromatic amines is 1. The Morgan fingerprint density at radius 2 is 1.95 bits per heavy atom. The van der Waals surface area contributed by atoms with Crippen molar-refractivity contribution >= 4 is 39.9 Å². The van der Waals surface area contributed by atoms with Crippen LogP contribution in [0.4, 0.5) is 0 Å². The number of aromatic nitrogens is 1. The van der Waals surface area contributed by atoms with Gasteiger partial charge in [0.25, 0.3) is 0 Å². The molecule has 2 aromatic rings. The van der Waals surface area contributed by atoms with Crippen molar-refractivity contribution in [2.75, 3.05) is 0 Å². The second-order valence-corrected chi connectivity index (χ2v) is 6.82. The predicted molar refractivity (Wildman–Crippen MR) is 88.5 cm³/mol. The molecule has 0 spiro atoms. The summed E-state index contributed by atoms with van der Waals surface area (Å²) in [4.78, 5) is 15.6. The molecule has 1 fully saturated rings. The minimum Gasteiger partial charge on any atom is -0.360 e. The van der Waals surface area contributed by atoms with Gasteiger partial charge in [-0.1, -0.05) is 55.3 Å². The lowest BCUT2D eigenvalue weighted by molar-refractivity contribution is 0.0972. The third kappa shape index (κ3) is 3.27. The van der Waals surface area contributed by atoms with Gasteiger partial charge in [-0.25, -0.2) is 0 Å². The molecule has 1 heterocycles. The van der Waals surface area contributed by atoms with Crippen LogP contribution in [-0.2, 0) is 0 Å². The van der Waals surface area contributed by atoms with Crippen molar-refractivity contribution in [2.24, 2.45) is 5.92 Å². The maximum atomic E-state index is 12.5. The van der Waals surface area contributed by atoms with Crippen molar-refractivity contribution in [3.63, 3.8) is 0 Å². The van der Waals surface area contributed by atoms with E-state index in [1.165, 1.54) is 32.1 Å². The number of fused-ring (bicyclic) bond motifs is 1. The maximum absolute atomic E-state index is 12.5. The van der Waals surface area contributed by atoms with Crippen LogP contribution >= 0.6 is 23.2 Å². The molecule has 1 aliphatic carbocycles. The van der Waals surface area contributed by atoms with Gasteiger partial charge in [0.1, 0.15) is 0 Å². The zero-order chi connectivity index (χ0) is 14.8. The summed E-state index contributed by atoms with van der Waals surface area (Å²) in [5.41, 5.74) is 1.52. The molecule has 1 N–H and O–H groups in total. The van der Waals surface area contributed by atoms with Crippen LogP contribution < -0.4 is 0 Å². The number of hydrogen-bond acceptors (Lipinski definition) is 1.